The van der Waals surface area contributed by atoms with E-state index in [1.807, 2.05) is 11.8 Å². The molecule has 19 heavy (non-hydrogen) atoms. The van der Waals surface area contributed by atoms with Crippen molar-refractivity contribution in [3.8, 4) is 0 Å². The molecule has 3 nitrogen and oxygen atoms in total. The fourth-order valence-corrected chi connectivity index (χ4v) is 3.54. The van der Waals surface area contributed by atoms with Crippen molar-refractivity contribution in [1.82, 2.24) is 4.98 Å². The summed E-state index contributed by atoms with van der Waals surface area (Å²) in [6.07, 6.45) is 4.35. The summed E-state index contributed by atoms with van der Waals surface area (Å²) in [6.45, 7) is 6.67. The van der Waals surface area contributed by atoms with E-state index in [4.69, 9.17) is 4.98 Å². The van der Waals surface area contributed by atoms with Gasteiger partial charge in [0.05, 0.1) is 17.2 Å². The Bertz CT molecular complexity index is 382. The van der Waals surface area contributed by atoms with Crippen LogP contribution >= 0.6 is 23.1 Å². The van der Waals surface area contributed by atoms with Gasteiger partial charge in [0.25, 0.3) is 0 Å². The molecule has 5 heteroatoms. The predicted octanol–water partition coefficient (Wildman–Crippen LogP) is 3.73. The lowest BCUT2D eigenvalue weighted by atomic mass is 10.0. The van der Waals surface area contributed by atoms with Gasteiger partial charge in [0.1, 0.15) is 0 Å². The highest BCUT2D eigenvalue weighted by Crippen LogP contribution is 2.32. The Morgan fingerprint density at radius 2 is 2.11 bits per heavy atom. The van der Waals surface area contributed by atoms with E-state index < -0.39 is 0 Å². The molecule has 1 N–H and O–H groups in total. The first-order valence-electron chi connectivity index (χ1n) is 6.87. The number of rotatable bonds is 8. The molecule has 0 aliphatic heterocycles. The number of aromatic nitrogens is 1. The first-order chi connectivity index (χ1) is 9.04. The van der Waals surface area contributed by atoms with Crippen LogP contribution in [0.4, 0.5) is 5.13 Å². The standard InChI is InChI=1S/C14H26N2OS2/c1-6-10(2)13-12(9-17)19-14(15-13)16(4)11(3)7-8-18-5/h10-11,17H,6-9H2,1-5H3. The van der Waals surface area contributed by atoms with Crippen LogP contribution in [0.1, 0.15) is 50.1 Å². The number of thiazole rings is 1. The second kappa shape index (κ2) is 8.12. The van der Waals surface area contributed by atoms with E-state index in [1.54, 1.807) is 11.3 Å². The van der Waals surface area contributed by atoms with Crippen LogP contribution in [-0.2, 0) is 6.61 Å². The molecule has 1 rings (SSSR count). The maximum atomic E-state index is 9.49. The van der Waals surface area contributed by atoms with Crippen LogP contribution in [0.25, 0.3) is 0 Å². The second-order valence-corrected chi connectivity index (χ2v) is 7.06. The topological polar surface area (TPSA) is 36.4 Å². The maximum Gasteiger partial charge on any atom is 0.185 e. The van der Waals surface area contributed by atoms with Crippen LogP contribution in [0.5, 0.6) is 0 Å². The molecular formula is C14H26N2OS2. The zero-order valence-electron chi connectivity index (χ0n) is 12.6. The Morgan fingerprint density at radius 1 is 1.42 bits per heavy atom. The van der Waals surface area contributed by atoms with E-state index in [9.17, 15) is 5.11 Å². The van der Waals surface area contributed by atoms with Crippen molar-refractivity contribution in [2.45, 2.75) is 52.2 Å². The number of thioether (sulfide) groups is 1. The monoisotopic (exact) mass is 302 g/mol. The Kier molecular flexibility index (Phi) is 7.18. The summed E-state index contributed by atoms with van der Waals surface area (Å²) in [6, 6.07) is 0.481. The molecule has 0 fully saturated rings. The average molecular weight is 303 g/mol. The van der Waals surface area contributed by atoms with Crippen LogP contribution in [-0.4, -0.2) is 35.2 Å². The molecule has 0 bridgehead atoms. The van der Waals surface area contributed by atoms with Crippen LogP contribution in [0, 0.1) is 0 Å². The quantitative estimate of drug-likeness (QED) is 0.794. The Hall–Kier alpha value is -0.260. The third kappa shape index (κ3) is 4.36. The largest absolute Gasteiger partial charge is 0.391 e. The van der Waals surface area contributed by atoms with Gasteiger partial charge in [0, 0.05) is 13.1 Å². The number of aliphatic hydroxyl groups excluding tert-OH is 1. The van der Waals surface area contributed by atoms with Gasteiger partial charge in [-0.1, -0.05) is 25.2 Å². The highest BCUT2D eigenvalue weighted by atomic mass is 32.2. The number of hydrogen-bond acceptors (Lipinski definition) is 5. The molecule has 0 saturated carbocycles. The molecule has 2 atom stereocenters. The number of aliphatic hydroxyl groups is 1. The molecule has 0 amide bonds. The fourth-order valence-electron chi connectivity index (χ4n) is 1.86. The molecule has 110 valence electrons. The van der Waals surface area contributed by atoms with Crippen molar-refractivity contribution in [2.24, 2.45) is 0 Å². The van der Waals surface area contributed by atoms with E-state index in [1.165, 1.54) is 5.75 Å². The lowest BCUT2D eigenvalue weighted by molar-refractivity contribution is 0.283. The SMILES string of the molecule is CCC(C)c1nc(N(C)C(C)CCSC)sc1CO. The number of nitrogens with zero attached hydrogens (tertiary/aromatic N) is 2. The van der Waals surface area contributed by atoms with Gasteiger partial charge >= 0.3 is 0 Å². The van der Waals surface area contributed by atoms with Gasteiger partial charge in [-0.15, -0.1) is 0 Å². The lowest BCUT2D eigenvalue weighted by Gasteiger charge is -2.24. The molecular weight excluding hydrogens is 276 g/mol. The van der Waals surface area contributed by atoms with Crippen molar-refractivity contribution < 1.29 is 5.11 Å². The molecule has 1 heterocycles. The van der Waals surface area contributed by atoms with Crippen LogP contribution < -0.4 is 4.90 Å². The van der Waals surface area contributed by atoms with E-state index in [0.717, 1.165) is 28.5 Å². The lowest BCUT2D eigenvalue weighted by Crippen LogP contribution is -2.29. The third-order valence-electron chi connectivity index (χ3n) is 3.64. The van der Waals surface area contributed by atoms with Gasteiger partial charge in [-0.05, 0) is 37.7 Å². The van der Waals surface area contributed by atoms with Crippen molar-refractivity contribution in [1.29, 1.82) is 0 Å². The van der Waals surface area contributed by atoms with Gasteiger partial charge < -0.3 is 10.0 Å². The third-order valence-corrected chi connectivity index (χ3v) is 5.43. The highest BCUT2D eigenvalue weighted by molar-refractivity contribution is 7.98. The van der Waals surface area contributed by atoms with Crippen molar-refractivity contribution >= 4 is 28.2 Å². The van der Waals surface area contributed by atoms with Crippen molar-refractivity contribution in [2.75, 3.05) is 24.0 Å². The van der Waals surface area contributed by atoms with Gasteiger partial charge in [-0.25, -0.2) is 4.98 Å². The first kappa shape index (κ1) is 16.8. The van der Waals surface area contributed by atoms with Gasteiger partial charge in [0.2, 0.25) is 0 Å². The minimum atomic E-state index is 0.102. The summed E-state index contributed by atoms with van der Waals surface area (Å²) in [7, 11) is 2.10. The molecule has 0 aliphatic carbocycles. The number of anilines is 1. The molecule has 0 spiro atoms. The van der Waals surface area contributed by atoms with Crippen LogP contribution in [0.3, 0.4) is 0 Å². The molecule has 0 saturated heterocycles. The van der Waals surface area contributed by atoms with Gasteiger partial charge in [0.15, 0.2) is 5.13 Å². The summed E-state index contributed by atoms with van der Waals surface area (Å²) < 4.78 is 0. The van der Waals surface area contributed by atoms with Crippen LogP contribution in [0.15, 0.2) is 0 Å². The fraction of sp³-hybridized carbons (Fsp3) is 0.786. The Morgan fingerprint density at radius 3 is 2.63 bits per heavy atom. The Balaban J connectivity index is 2.85. The minimum absolute atomic E-state index is 0.102. The molecule has 2 unspecified atom stereocenters. The summed E-state index contributed by atoms with van der Waals surface area (Å²) in [4.78, 5) is 8.02. The first-order valence-corrected chi connectivity index (χ1v) is 9.08. The highest BCUT2D eigenvalue weighted by Gasteiger charge is 2.19. The zero-order valence-corrected chi connectivity index (χ0v) is 14.3. The summed E-state index contributed by atoms with van der Waals surface area (Å²) in [5.41, 5.74) is 1.08. The average Bonchev–Trinajstić information content (AvgIpc) is 2.86. The van der Waals surface area contributed by atoms with E-state index in [2.05, 4.69) is 39.0 Å². The number of hydrogen-bond donors (Lipinski definition) is 1. The van der Waals surface area contributed by atoms with Crippen LogP contribution in [0.2, 0.25) is 0 Å². The molecule has 1 aromatic rings. The second-order valence-electron chi connectivity index (χ2n) is 5.01. The zero-order chi connectivity index (χ0) is 14.4. The summed E-state index contributed by atoms with van der Waals surface area (Å²) >= 11 is 3.51. The van der Waals surface area contributed by atoms with Gasteiger partial charge in [-0.3, -0.25) is 0 Å². The Labute approximate surface area is 125 Å². The van der Waals surface area contributed by atoms with Crippen molar-refractivity contribution in [3.63, 3.8) is 0 Å². The molecule has 0 aromatic carbocycles. The maximum absolute atomic E-state index is 9.49. The van der Waals surface area contributed by atoms with E-state index >= 15 is 0 Å². The summed E-state index contributed by atoms with van der Waals surface area (Å²) in [5.74, 6) is 1.59. The van der Waals surface area contributed by atoms with E-state index in [-0.39, 0.29) is 6.61 Å². The molecule has 0 aliphatic rings. The van der Waals surface area contributed by atoms with Crippen molar-refractivity contribution in [3.05, 3.63) is 10.6 Å². The molecule has 1 aromatic heterocycles. The normalized spacial score (nSPS) is 14.4. The summed E-state index contributed by atoms with van der Waals surface area (Å²) in [5, 5.41) is 10.5. The molecule has 0 radical (unpaired) electrons. The minimum Gasteiger partial charge on any atom is -0.391 e. The smallest absolute Gasteiger partial charge is 0.185 e. The van der Waals surface area contributed by atoms with Gasteiger partial charge in [-0.2, -0.15) is 11.8 Å². The predicted molar refractivity (Wildman–Crippen MR) is 87.6 cm³/mol. The van der Waals surface area contributed by atoms with E-state index in [0.29, 0.717) is 12.0 Å².